The van der Waals surface area contributed by atoms with E-state index in [4.69, 9.17) is 4.52 Å². The van der Waals surface area contributed by atoms with Gasteiger partial charge in [-0.2, -0.15) is 4.98 Å². The average molecular weight is 296 g/mol. The number of hydrogen-bond acceptors (Lipinski definition) is 4. The smallest absolute Gasteiger partial charge is 0.257 e. The zero-order valence-corrected chi connectivity index (χ0v) is 11.4. The first kappa shape index (κ1) is 12.3. The Balaban J connectivity index is 2.10. The van der Waals surface area contributed by atoms with Gasteiger partial charge in [0.2, 0.25) is 0 Å². The molecule has 17 heavy (non-hydrogen) atoms. The van der Waals surface area contributed by atoms with Crippen LogP contribution in [0, 0.1) is 0 Å². The van der Waals surface area contributed by atoms with Crippen molar-refractivity contribution >= 4 is 15.9 Å². The third kappa shape index (κ3) is 3.38. The Morgan fingerprint density at radius 1 is 1.29 bits per heavy atom. The minimum Gasteiger partial charge on any atom is -0.334 e. The summed E-state index contributed by atoms with van der Waals surface area (Å²) in [5, 5.41) is 7.17. The molecule has 0 saturated carbocycles. The number of hydrogen-bond donors (Lipinski definition) is 1. The van der Waals surface area contributed by atoms with Crippen LogP contribution in [0.4, 0.5) is 0 Å². The van der Waals surface area contributed by atoms with E-state index in [2.05, 4.69) is 45.2 Å². The summed E-state index contributed by atoms with van der Waals surface area (Å²) in [4.78, 5) is 4.33. The summed E-state index contributed by atoms with van der Waals surface area (Å²) in [7, 11) is 0. The molecule has 0 radical (unpaired) electrons. The molecule has 0 aliphatic carbocycles. The molecular formula is C12H14BrN3O. The SMILES string of the molecule is CC(C)NCc1noc(-c2ccc(Br)cc2)n1. The van der Waals surface area contributed by atoms with E-state index in [1.807, 2.05) is 24.3 Å². The maximum absolute atomic E-state index is 5.21. The Hall–Kier alpha value is -1.20. The number of nitrogens with one attached hydrogen (secondary N) is 1. The lowest BCUT2D eigenvalue weighted by molar-refractivity contribution is 0.417. The second-order valence-electron chi connectivity index (χ2n) is 4.06. The first-order valence-electron chi connectivity index (χ1n) is 5.47. The quantitative estimate of drug-likeness (QED) is 0.942. The molecule has 0 unspecified atom stereocenters. The van der Waals surface area contributed by atoms with Crippen molar-refractivity contribution in [2.75, 3.05) is 0 Å². The van der Waals surface area contributed by atoms with E-state index in [1.165, 1.54) is 0 Å². The summed E-state index contributed by atoms with van der Waals surface area (Å²) in [5.74, 6) is 1.23. The zero-order chi connectivity index (χ0) is 12.3. The second-order valence-corrected chi connectivity index (χ2v) is 4.97. The van der Waals surface area contributed by atoms with Gasteiger partial charge in [0, 0.05) is 16.1 Å². The highest BCUT2D eigenvalue weighted by Gasteiger charge is 2.08. The van der Waals surface area contributed by atoms with Crippen molar-refractivity contribution in [1.29, 1.82) is 0 Å². The predicted octanol–water partition coefficient (Wildman–Crippen LogP) is 3.00. The predicted molar refractivity (Wildman–Crippen MR) is 69.4 cm³/mol. The van der Waals surface area contributed by atoms with E-state index in [0.717, 1.165) is 10.0 Å². The molecular weight excluding hydrogens is 282 g/mol. The van der Waals surface area contributed by atoms with Gasteiger partial charge in [-0.1, -0.05) is 34.9 Å². The van der Waals surface area contributed by atoms with Crippen LogP contribution in [0.3, 0.4) is 0 Å². The van der Waals surface area contributed by atoms with Crippen molar-refractivity contribution in [2.45, 2.75) is 26.4 Å². The van der Waals surface area contributed by atoms with Crippen LogP contribution in [-0.4, -0.2) is 16.2 Å². The third-order valence-electron chi connectivity index (χ3n) is 2.23. The lowest BCUT2D eigenvalue weighted by Crippen LogP contribution is -2.22. The van der Waals surface area contributed by atoms with E-state index in [1.54, 1.807) is 0 Å². The third-order valence-corrected chi connectivity index (χ3v) is 2.76. The topological polar surface area (TPSA) is 51.0 Å². The van der Waals surface area contributed by atoms with Crippen molar-refractivity contribution in [3.63, 3.8) is 0 Å². The van der Waals surface area contributed by atoms with Gasteiger partial charge in [-0.05, 0) is 24.3 Å². The van der Waals surface area contributed by atoms with Crippen molar-refractivity contribution in [3.8, 4) is 11.5 Å². The molecule has 90 valence electrons. The molecule has 5 heteroatoms. The zero-order valence-electron chi connectivity index (χ0n) is 9.77. The molecule has 0 fully saturated rings. The van der Waals surface area contributed by atoms with Crippen LogP contribution < -0.4 is 5.32 Å². The van der Waals surface area contributed by atoms with Crippen molar-refractivity contribution in [3.05, 3.63) is 34.6 Å². The van der Waals surface area contributed by atoms with E-state index >= 15 is 0 Å². The molecule has 1 heterocycles. The fourth-order valence-electron chi connectivity index (χ4n) is 1.33. The fourth-order valence-corrected chi connectivity index (χ4v) is 1.60. The Morgan fingerprint density at radius 2 is 2.00 bits per heavy atom. The second kappa shape index (κ2) is 5.42. The van der Waals surface area contributed by atoms with Crippen LogP contribution in [0.2, 0.25) is 0 Å². The Labute approximate surface area is 109 Å². The first-order valence-corrected chi connectivity index (χ1v) is 6.26. The molecule has 0 saturated heterocycles. The highest BCUT2D eigenvalue weighted by molar-refractivity contribution is 9.10. The van der Waals surface area contributed by atoms with Crippen LogP contribution in [0.1, 0.15) is 19.7 Å². The van der Waals surface area contributed by atoms with Gasteiger partial charge in [0.1, 0.15) is 0 Å². The summed E-state index contributed by atoms with van der Waals surface area (Å²) in [5.41, 5.74) is 0.927. The summed E-state index contributed by atoms with van der Waals surface area (Å²) in [6.07, 6.45) is 0. The van der Waals surface area contributed by atoms with Gasteiger partial charge < -0.3 is 9.84 Å². The van der Waals surface area contributed by atoms with E-state index < -0.39 is 0 Å². The summed E-state index contributed by atoms with van der Waals surface area (Å²) in [6, 6.07) is 8.19. The molecule has 1 N–H and O–H groups in total. The van der Waals surface area contributed by atoms with E-state index in [0.29, 0.717) is 24.3 Å². The number of nitrogens with zero attached hydrogens (tertiary/aromatic N) is 2. The van der Waals surface area contributed by atoms with Gasteiger partial charge in [0.15, 0.2) is 5.82 Å². The molecule has 2 rings (SSSR count). The molecule has 4 nitrogen and oxygen atoms in total. The molecule has 2 aromatic rings. The summed E-state index contributed by atoms with van der Waals surface area (Å²) >= 11 is 3.39. The number of aromatic nitrogens is 2. The maximum Gasteiger partial charge on any atom is 0.257 e. The lowest BCUT2D eigenvalue weighted by atomic mass is 10.2. The highest BCUT2D eigenvalue weighted by Crippen LogP contribution is 2.19. The molecule has 1 aromatic carbocycles. The summed E-state index contributed by atoms with van der Waals surface area (Å²) < 4.78 is 6.24. The molecule has 0 spiro atoms. The lowest BCUT2D eigenvalue weighted by Gasteiger charge is -2.03. The van der Waals surface area contributed by atoms with Gasteiger partial charge in [-0.25, -0.2) is 0 Å². The standard InChI is InChI=1S/C12H14BrN3O/c1-8(2)14-7-11-15-12(17-16-11)9-3-5-10(13)6-4-9/h3-6,8,14H,7H2,1-2H3. The van der Waals surface area contributed by atoms with Crippen molar-refractivity contribution in [1.82, 2.24) is 15.5 Å². The maximum atomic E-state index is 5.21. The highest BCUT2D eigenvalue weighted by atomic mass is 79.9. The fraction of sp³-hybridized carbons (Fsp3) is 0.333. The molecule has 0 bridgehead atoms. The molecule has 0 aliphatic rings. The Kier molecular flexibility index (Phi) is 3.91. The van der Waals surface area contributed by atoms with Gasteiger partial charge in [0.05, 0.1) is 6.54 Å². The monoisotopic (exact) mass is 295 g/mol. The number of halogens is 1. The van der Waals surface area contributed by atoms with Crippen LogP contribution in [0.15, 0.2) is 33.3 Å². The minimum atomic E-state index is 0.407. The van der Waals surface area contributed by atoms with Gasteiger partial charge >= 0.3 is 0 Å². The molecule has 0 aliphatic heterocycles. The first-order chi connectivity index (χ1) is 8.15. The number of rotatable bonds is 4. The van der Waals surface area contributed by atoms with Crippen molar-refractivity contribution < 1.29 is 4.52 Å². The van der Waals surface area contributed by atoms with Gasteiger partial charge in [-0.3, -0.25) is 0 Å². The minimum absolute atomic E-state index is 0.407. The Morgan fingerprint density at radius 3 is 2.65 bits per heavy atom. The summed E-state index contributed by atoms with van der Waals surface area (Å²) in [6.45, 7) is 4.78. The van der Waals surface area contributed by atoms with Gasteiger partial charge in [-0.15, -0.1) is 0 Å². The van der Waals surface area contributed by atoms with Crippen LogP contribution in [-0.2, 0) is 6.54 Å². The van der Waals surface area contributed by atoms with Gasteiger partial charge in [0.25, 0.3) is 5.89 Å². The van der Waals surface area contributed by atoms with E-state index in [-0.39, 0.29) is 0 Å². The van der Waals surface area contributed by atoms with Crippen molar-refractivity contribution in [2.24, 2.45) is 0 Å². The average Bonchev–Trinajstić information content (AvgIpc) is 2.76. The molecule has 0 atom stereocenters. The molecule has 1 aromatic heterocycles. The van der Waals surface area contributed by atoms with Crippen LogP contribution in [0.25, 0.3) is 11.5 Å². The Bertz CT molecular complexity index is 479. The van der Waals surface area contributed by atoms with Crippen LogP contribution >= 0.6 is 15.9 Å². The molecule has 0 amide bonds. The largest absolute Gasteiger partial charge is 0.334 e. The van der Waals surface area contributed by atoms with E-state index in [9.17, 15) is 0 Å². The van der Waals surface area contributed by atoms with Crippen LogP contribution in [0.5, 0.6) is 0 Å². The number of benzene rings is 1. The normalized spacial score (nSPS) is 11.1.